The molecule has 11 heteroatoms. The van der Waals surface area contributed by atoms with Crippen molar-refractivity contribution >= 4 is 22.9 Å². The van der Waals surface area contributed by atoms with Gasteiger partial charge in [0, 0.05) is 32.7 Å². The second kappa shape index (κ2) is 14.7. The third-order valence-corrected chi connectivity index (χ3v) is 7.92. The molecule has 47 heavy (non-hydrogen) atoms. The summed E-state index contributed by atoms with van der Waals surface area (Å²) < 4.78 is 18.6. The third-order valence-electron chi connectivity index (χ3n) is 7.92. The SMILES string of the molecule is CCOc1ccccc1-n1c(C(C)N2CCN(C(=O)COc3ccc(CNC(=O)OC(C)(C)C)cc3)CC2)nc2ccccc2c1=O. The van der Waals surface area contributed by atoms with E-state index in [4.69, 9.17) is 19.2 Å². The van der Waals surface area contributed by atoms with E-state index in [0.717, 1.165) is 5.56 Å². The zero-order valence-electron chi connectivity index (χ0n) is 27.7. The minimum Gasteiger partial charge on any atom is -0.492 e. The Kier molecular flexibility index (Phi) is 10.5. The zero-order chi connectivity index (χ0) is 33.6. The van der Waals surface area contributed by atoms with E-state index in [0.29, 0.717) is 73.2 Å². The summed E-state index contributed by atoms with van der Waals surface area (Å²) in [7, 11) is 0. The number of piperazine rings is 1. The molecule has 1 fully saturated rings. The van der Waals surface area contributed by atoms with Gasteiger partial charge in [0.1, 0.15) is 22.9 Å². The summed E-state index contributed by atoms with van der Waals surface area (Å²) in [6.07, 6.45) is -0.479. The number of ether oxygens (including phenoxy) is 3. The molecule has 1 atom stereocenters. The summed E-state index contributed by atoms with van der Waals surface area (Å²) in [6.45, 7) is 12.4. The molecule has 1 aliphatic rings. The van der Waals surface area contributed by atoms with Crippen molar-refractivity contribution in [3.8, 4) is 17.2 Å². The van der Waals surface area contributed by atoms with E-state index in [1.807, 2.05) is 89.2 Å². The monoisotopic (exact) mass is 641 g/mol. The summed E-state index contributed by atoms with van der Waals surface area (Å²) in [4.78, 5) is 47.9. The van der Waals surface area contributed by atoms with Gasteiger partial charge < -0.3 is 24.4 Å². The van der Waals surface area contributed by atoms with Crippen LogP contribution >= 0.6 is 0 Å². The van der Waals surface area contributed by atoms with Crippen LogP contribution < -0.4 is 20.3 Å². The van der Waals surface area contributed by atoms with E-state index >= 15 is 0 Å². The van der Waals surface area contributed by atoms with Gasteiger partial charge in [-0.25, -0.2) is 9.78 Å². The number of rotatable bonds is 10. The van der Waals surface area contributed by atoms with E-state index in [1.54, 1.807) is 27.7 Å². The van der Waals surface area contributed by atoms with Crippen LogP contribution in [-0.2, 0) is 16.1 Å². The smallest absolute Gasteiger partial charge is 0.407 e. The minimum absolute atomic E-state index is 0.0783. The lowest BCUT2D eigenvalue weighted by Gasteiger charge is -2.38. The van der Waals surface area contributed by atoms with Crippen LogP contribution in [0.4, 0.5) is 4.79 Å². The average molecular weight is 642 g/mol. The van der Waals surface area contributed by atoms with Gasteiger partial charge in [0.25, 0.3) is 11.5 Å². The summed E-state index contributed by atoms with van der Waals surface area (Å²) in [6, 6.07) is 21.9. The summed E-state index contributed by atoms with van der Waals surface area (Å²) >= 11 is 0. The largest absolute Gasteiger partial charge is 0.492 e. The van der Waals surface area contributed by atoms with Crippen molar-refractivity contribution in [1.82, 2.24) is 24.7 Å². The van der Waals surface area contributed by atoms with Crippen molar-refractivity contribution < 1.29 is 23.8 Å². The molecule has 248 valence electrons. The van der Waals surface area contributed by atoms with Gasteiger partial charge in [0.2, 0.25) is 0 Å². The van der Waals surface area contributed by atoms with Crippen LogP contribution in [-0.4, -0.2) is 76.3 Å². The van der Waals surface area contributed by atoms with Crippen molar-refractivity contribution in [3.05, 3.63) is 94.5 Å². The fourth-order valence-corrected chi connectivity index (χ4v) is 5.53. The second-order valence-electron chi connectivity index (χ2n) is 12.4. The molecule has 0 aliphatic carbocycles. The molecule has 11 nitrogen and oxygen atoms in total. The van der Waals surface area contributed by atoms with Crippen molar-refractivity contribution in [1.29, 1.82) is 0 Å². The number of amides is 2. The van der Waals surface area contributed by atoms with Gasteiger partial charge in [-0.15, -0.1) is 0 Å². The standard InChI is InChI=1S/C36H43N5O6/c1-6-45-31-14-10-9-13-30(31)41-33(38-29-12-8-7-11-28(29)34(41)43)25(2)39-19-21-40(22-20-39)32(42)24-46-27-17-15-26(16-18-27)23-37-35(44)47-36(3,4)5/h7-18,25H,6,19-24H2,1-5H3,(H,37,44). The first-order valence-corrected chi connectivity index (χ1v) is 16.0. The number of fused-ring (bicyclic) bond motifs is 1. The number of benzene rings is 3. The maximum atomic E-state index is 13.9. The first-order chi connectivity index (χ1) is 22.5. The van der Waals surface area contributed by atoms with Gasteiger partial charge in [-0.05, 0) is 76.6 Å². The van der Waals surface area contributed by atoms with Gasteiger partial charge >= 0.3 is 6.09 Å². The molecule has 1 unspecified atom stereocenters. The number of para-hydroxylation sites is 3. The first kappa shape index (κ1) is 33.5. The lowest BCUT2D eigenvalue weighted by molar-refractivity contribution is -0.135. The lowest BCUT2D eigenvalue weighted by Crippen LogP contribution is -2.51. The second-order valence-corrected chi connectivity index (χ2v) is 12.4. The number of alkyl carbamates (subject to hydrolysis) is 1. The Morgan fingerprint density at radius 1 is 0.915 bits per heavy atom. The first-order valence-electron chi connectivity index (χ1n) is 16.0. The lowest BCUT2D eigenvalue weighted by atomic mass is 10.1. The number of carbonyl (C=O) groups excluding carboxylic acids is 2. The number of carbonyl (C=O) groups is 2. The molecule has 0 spiro atoms. The number of nitrogens with one attached hydrogen (secondary N) is 1. The van der Waals surface area contributed by atoms with Crippen LogP contribution in [0.5, 0.6) is 11.5 Å². The van der Waals surface area contributed by atoms with Crippen molar-refractivity contribution in [2.75, 3.05) is 39.4 Å². The van der Waals surface area contributed by atoms with E-state index < -0.39 is 11.7 Å². The highest BCUT2D eigenvalue weighted by Gasteiger charge is 2.29. The molecule has 1 saturated heterocycles. The Labute approximate surface area is 275 Å². The van der Waals surface area contributed by atoms with Gasteiger partial charge in [-0.1, -0.05) is 36.4 Å². The molecular formula is C36H43N5O6. The zero-order valence-corrected chi connectivity index (χ0v) is 27.7. The van der Waals surface area contributed by atoms with Crippen LogP contribution in [0.3, 0.4) is 0 Å². The molecule has 5 rings (SSSR count). The van der Waals surface area contributed by atoms with Crippen LogP contribution in [0, 0.1) is 0 Å². The molecule has 2 heterocycles. The van der Waals surface area contributed by atoms with Gasteiger partial charge in [0.05, 0.1) is 29.2 Å². The molecule has 1 aromatic heterocycles. The topological polar surface area (TPSA) is 115 Å². The van der Waals surface area contributed by atoms with Crippen LogP contribution in [0.25, 0.3) is 16.6 Å². The highest BCUT2D eigenvalue weighted by atomic mass is 16.6. The normalized spacial score (nSPS) is 14.4. The highest BCUT2D eigenvalue weighted by Crippen LogP contribution is 2.28. The third kappa shape index (κ3) is 8.28. The minimum atomic E-state index is -0.561. The Bertz CT molecular complexity index is 1760. The van der Waals surface area contributed by atoms with E-state index in [1.165, 1.54) is 0 Å². The van der Waals surface area contributed by atoms with Crippen molar-refractivity contribution in [2.24, 2.45) is 0 Å². The molecule has 0 bridgehead atoms. The Hall–Kier alpha value is -4.90. The summed E-state index contributed by atoms with van der Waals surface area (Å²) in [5, 5.41) is 3.27. The van der Waals surface area contributed by atoms with E-state index in [9.17, 15) is 14.4 Å². The maximum Gasteiger partial charge on any atom is 0.407 e. The van der Waals surface area contributed by atoms with Gasteiger partial charge in [-0.3, -0.25) is 19.1 Å². The van der Waals surface area contributed by atoms with E-state index in [2.05, 4.69) is 10.2 Å². The maximum absolute atomic E-state index is 13.9. The molecule has 0 saturated carbocycles. The average Bonchev–Trinajstić information content (AvgIpc) is 3.06. The van der Waals surface area contributed by atoms with Crippen LogP contribution in [0.15, 0.2) is 77.6 Å². The number of nitrogens with zero attached hydrogens (tertiary/aromatic N) is 4. The Morgan fingerprint density at radius 2 is 1.60 bits per heavy atom. The molecule has 1 N–H and O–H groups in total. The number of aromatic nitrogens is 2. The van der Waals surface area contributed by atoms with Gasteiger partial charge in [0.15, 0.2) is 6.61 Å². The Morgan fingerprint density at radius 3 is 2.30 bits per heavy atom. The quantitative estimate of drug-likeness (QED) is 0.255. The number of hydrogen-bond acceptors (Lipinski definition) is 8. The molecule has 1 aliphatic heterocycles. The Balaban J connectivity index is 1.21. The molecule has 0 radical (unpaired) electrons. The van der Waals surface area contributed by atoms with E-state index in [-0.39, 0.29) is 24.1 Å². The van der Waals surface area contributed by atoms with Crippen molar-refractivity contribution in [3.63, 3.8) is 0 Å². The molecular weight excluding hydrogens is 598 g/mol. The molecule has 3 aromatic carbocycles. The van der Waals surface area contributed by atoms with Crippen molar-refractivity contribution in [2.45, 2.75) is 52.8 Å². The fraction of sp³-hybridized carbons (Fsp3) is 0.389. The predicted molar refractivity (Wildman–Crippen MR) is 180 cm³/mol. The van der Waals surface area contributed by atoms with Crippen LogP contribution in [0.1, 0.15) is 52.0 Å². The van der Waals surface area contributed by atoms with Crippen LogP contribution in [0.2, 0.25) is 0 Å². The van der Waals surface area contributed by atoms with Gasteiger partial charge in [-0.2, -0.15) is 0 Å². The number of hydrogen-bond donors (Lipinski definition) is 1. The highest BCUT2D eigenvalue weighted by molar-refractivity contribution is 5.78. The summed E-state index contributed by atoms with van der Waals surface area (Å²) in [5.74, 6) is 1.71. The fourth-order valence-electron chi connectivity index (χ4n) is 5.53. The predicted octanol–water partition coefficient (Wildman–Crippen LogP) is 5.09. The molecule has 4 aromatic rings. The summed E-state index contributed by atoms with van der Waals surface area (Å²) in [5.41, 5.74) is 1.46. The molecule has 2 amide bonds.